The third-order valence-corrected chi connectivity index (χ3v) is 9.86. The molecule has 3 heterocycles. The van der Waals surface area contributed by atoms with Gasteiger partial charge >= 0.3 is 0 Å². The predicted molar refractivity (Wildman–Crippen MR) is 133 cm³/mol. The third kappa shape index (κ3) is 3.41. The van der Waals surface area contributed by atoms with Gasteiger partial charge in [-0.1, -0.05) is 30.3 Å². The highest BCUT2D eigenvalue weighted by atomic mass is 32.2. The average Bonchev–Trinajstić information content (AvgIpc) is 3.39. The van der Waals surface area contributed by atoms with Gasteiger partial charge in [-0.15, -0.1) is 11.8 Å². The van der Waals surface area contributed by atoms with Crippen molar-refractivity contribution in [2.24, 2.45) is 11.8 Å². The van der Waals surface area contributed by atoms with Crippen molar-refractivity contribution in [2.45, 2.75) is 48.1 Å². The molecule has 5 atom stereocenters. The molecule has 3 aliphatic rings. The van der Waals surface area contributed by atoms with E-state index in [-0.39, 0.29) is 29.1 Å². The maximum absolute atomic E-state index is 13.8. The maximum Gasteiger partial charge on any atom is 0.248 e. The number of aliphatic hydroxyl groups excluding tert-OH is 1. The molecule has 3 saturated heterocycles. The number of amides is 3. The molecule has 5 rings (SSSR count). The normalized spacial score (nSPS) is 31.7. The van der Waals surface area contributed by atoms with E-state index < -0.39 is 22.6 Å². The maximum atomic E-state index is 13.8. The number of hydrogen-bond donors (Lipinski definition) is 3. The predicted octanol–water partition coefficient (Wildman–Crippen LogP) is 2.78. The van der Waals surface area contributed by atoms with E-state index in [0.717, 1.165) is 23.6 Å². The van der Waals surface area contributed by atoms with Gasteiger partial charge in [-0.05, 0) is 55.5 Å². The summed E-state index contributed by atoms with van der Waals surface area (Å²) in [4.78, 5) is 42.2. The van der Waals surface area contributed by atoms with Gasteiger partial charge in [-0.3, -0.25) is 14.4 Å². The number of fused-ring (bicyclic) bond motifs is 2. The van der Waals surface area contributed by atoms with Gasteiger partial charge in [0, 0.05) is 30.6 Å². The molecular weight excluding hydrogens is 450 g/mol. The fourth-order valence-corrected chi connectivity index (χ4v) is 8.75. The van der Waals surface area contributed by atoms with Gasteiger partial charge in [-0.25, -0.2) is 0 Å². The molecule has 3 fully saturated rings. The molecule has 0 aromatic heterocycles. The molecule has 0 saturated carbocycles. The minimum atomic E-state index is -0.656. The Morgan fingerprint density at radius 1 is 1.12 bits per heavy atom. The molecule has 2 unspecified atom stereocenters. The molecule has 2 bridgehead atoms. The molecule has 0 aliphatic carbocycles. The van der Waals surface area contributed by atoms with Crippen LogP contribution in [-0.2, 0) is 14.4 Å². The zero-order chi connectivity index (χ0) is 24.1. The second-order valence-electron chi connectivity index (χ2n) is 9.86. The van der Waals surface area contributed by atoms with E-state index in [1.807, 2.05) is 42.5 Å². The largest absolute Gasteiger partial charge is 0.396 e. The Labute approximate surface area is 203 Å². The topological polar surface area (TPSA) is 98.7 Å². The fraction of sp³-hybridized carbons (Fsp3) is 0.500. The van der Waals surface area contributed by atoms with E-state index in [2.05, 4.69) is 17.6 Å². The summed E-state index contributed by atoms with van der Waals surface area (Å²) in [6, 6.07) is 13.1. The summed E-state index contributed by atoms with van der Waals surface area (Å²) < 4.78 is -0.984. The number of unbranched alkanes of at least 4 members (excludes halogenated alkanes) is 1. The molecule has 0 radical (unpaired) electrons. The molecule has 3 amide bonds. The lowest BCUT2D eigenvalue weighted by molar-refractivity contribution is -0.140. The van der Waals surface area contributed by atoms with Crippen molar-refractivity contribution in [2.75, 3.05) is 25.5 Å². The first kappa shape index (κ1) is 23.2. The zero-order valence-corrected chi connectivity index (χ0v) is 20.4. The number of benzene rings is 2. The Hall–Kier alpha value is -2.58. The average molecular weight is 482 g/mol. The van der Waals surface area contributed by atoms with Crippen LogP contribution in [0.15, 0.2) is 42.5 Å². The molecular formula is C26H31N3O4S. The van der Waals surface area contributed by atoms with Crippen molar-refractivity contribution >= 4 is 45.9 Å². The van der Waals surface area contributed by atoms with Crippen molar-refractivity contribution in [3.63, 3.8) is 0 Å². The van der Waals surface area contributed by atoms with Crippen LogP contribution in [0.5, 0.6) is 0 Å². The number of carbonyl (C=O) groups excluding carboxylic acids is 3. The number of likely N-dealkylation sites (tertiary alicyclic amines) is 1. The fourth-order valence-electron chi connectivity index (χ4n) is 6.39. The summed E-state index contributed by atoms with van der Waals surface area (Å²) >= 11 is 1.67. The number of rotatable bonds is 7. The van der Waals surface area contributed by atoms with Crippen LogP contribution in [0.25, 0.3) is 10.8 Å². The number of anilines is 1. The highest BCUT2D eigenvalue weighted by molar-refractivity contribution is 8.02. The molecule has 1 spiro atoms. The number of nitrogens with zero attached hydrogens (tertiary/aromatic N) is 1. The zero-order valence-electron chi connectivity index (χ0n) is 19.5. The first-order valence-electron chi connectivity index (χ1n) is 12.0. The van der Waals surface area contributed by atoms with Gasteiger partial charge in [0.15, 0.2) is 0 Å². The van der Waals surface area contributed by atoms with Crippen molar-refractivity contribution in [1.29, 1.82) is 0 Å². The van der Waals surface area contributed by atoms with Crippen molar-refractivity contribution in [1.82, 2.24) is 10.2 Å². The van der Waals surface area contributed by atoms with Gasteiger partial charge in [0.2, 0.25) is 17.7 Å². The lowest BCUT2D eigenvalue weighted by atomic mass is 9.66. The van der Waals surface area contributed by atoms with Crippen LogP contribution in [0.2, 0.25) is 0 Å². The second kappa shape index (κ2) is 8.57. The number of hydrogen-bond acceptors (Lipinski definition) is 5. The highest BCUT2D eigenvalue weighted by Gasteiger charge is 2.76. The summed E-state index contributed by atoms with van der Waals surface area (Å²) in [5, 5.41) is 17.2. The van der Waals surface area contributed by atoms with Crippen molar-refractivity contribution in [3.8, 4) is 0 Å². The minimum Gasteiger partial charge on any atom is -0.396 e. The molecule has 8 heteroatoms. The van der Waals surface area contributed by atoms with Crippen LogP contribution in [0.3, 0.4) is 0 Å². The van der Waals surface area contributed by atoms with Crippen LogP contribution in [0, 0.1) is 11.8 Å². The summed E-state index contributed by atoms with van der Waals surface area (Å²) in [5.41, 5.74) is 0.693. The number of nitrogens with one attached hydrogen (secondary N) is 2. The number of carbonyl (C=O) groups is 3. The molecule has 180 valence electrons. The summed E-state index contributed by atoms with van der Waals surface area (Å²) in [6.45, 7) is 2.50. The van der Waals surface area contributed by atoms with E-state index >= 15 is 0 Å². The van der Waals surface area contributed by atoms with Crippen LogP contribution in [0.4, 0.5) is 5.69 Å². The van der Waals surface area contributed by atoms with Crippen molar-refractivity contribution < 1.29 is 19.5 Å². The third-order valence-electron chi connectivity index (χ3n) is 7.88. The Morgan fingerprint density at radius 2 is 1.88 bits per heavy atom. The molecule has 3 aliphatic heterocycles. The molecule has 7 nitrogen and oxygen atoms in total. The lowest BCUT2D eigenvalue weighted by Crippen LogP contribution is -2.52. The summed E-state index contributed by atoms with van der Waals surface area (Å²) in [5.74, 6) is -1.41. The quantitative estimate of drug-likeness (QED) is 0.528. The van der Waals surface area contributed by atoms with E-state index in [9.17, 15) is 19.5 Å². The van der Waals surface area contributed by atoms with Gasteiger partial charge < -0.3 is 20.6 Å². The Bertz CT molecular complexity index is 1160. The highest BCUT2D eigenvalue weighted by Crippen LogP contribution is 2.71. The van der Waals surface area contributed by atoms with Gasteiger partial charge in [0.1, 0.15) is 6.04 Å². The lowest BCUT2D eigenvalue weighted by Gasteiger charge is -2.34. The van der Waals surface area contributed by atoms with Gasteiger partial charge in [0.25, 0.3) is 0 Å². The number of aliphatic hydroxyl groups is 1. The molecule has 3 N–H and O–H groups in total. The molecule has 34 heavy (non-hydrogen) atoms. The Balaban J connectivity index is 1.50. The van der Waals surface area contributed by atoms with Crippen LogP contribution in [0.1, 0.15) is 32.6 Å². The Morgan fingerprint density at radius 3 is 2.62 bits per heavy atom. The first-order chi connectivity index (χ1) is 16.3. The molecule has 2 aromatic carbocycles. The van der Waals surface area contributed by atoms with Gasteiger partial charge in [-0.2, -0.15) is 0 Å². The summed E-state index contributed by atoms with van der Waals surface area (Å²) in [7, 11) is 1.61. The van der Waals surface area contributed by atoms with E-state index in [0.29, 0.717) is 25.1 Å². The van der Waals surface area contributed by atoms with E-state index in [1.54, 1.807) is 23.7 Å². The minimum absolute atomic E-state index is 0.0399. The van der Waals surface area contributed by atoms with E-state index in [1.165, 1.54) is 0 Å². The Kier molecular flexibility index (Phi) is 5.84. The first-order valence-corrected chi connectivity index (χ1v) is 12.8. The van der Waals surface area contributed by atoms with Crippen LogP contribution >= 0.6 is 11.8 Å². The van der Waals surface area contributed by atoms with Crippen molar-refractivity contribution in [3.05, 3.63) is 42.5 Å². The standard InChI is InChI=1S/C26H31N3O4S/c1-25-11-12-26(34-25)20(19(25)22(31)27-2)24(33)29(13-5-6-14-30)21(26)23(32)28-18-10-9-16-7-3-4-8-17(16)15-18/h3-4,7-10,15,19-21,30H,5-6,11-14H2,1-2H3,(H,27,31)(H,28,32)/t19-,20+,21?,25+,26?/m1/s1. The molecule has 2 aromatic rings. The second-order valence-corrected chi connectivity index (χ2v) is 11.8. The van der Waals surface area contributed by atoms with Crippen LogP contribution < -0.4 is 10.6 Å². The SMILES string of the molecule is CNC(=O)[C@H]1[C@H]2C(=O)N(CCCCO)C(C(=O)Nc3ccc4ccccc4c3)C23CC[C@]1(C)S3. The van der Waals surface area contributed by atoms with Gasteiger partial charge in [0.05, 0.1) is 16.6 Å². The summed E-state index contributed by atoms with van der Waals surface area (Å²) in [6.07, 6.45) is 2.69. The van der Waals surface area contributed by atoms with Crippen LogP contribution in [-0.4, -0.2) is 63.5 Å². The van der Waals surface area contributed by atoms with E-state index in [4.69, 9.17) is 0 Å². The number of thioether (sulfide) groups is 1. The smallest absolute Gasteiger partial charge is 0.248 e. The monoisotopic (exact) mass is 481 g/mol.